The fourth-order valence-electron chi connectivity index (χ4n) is 2.20. The van der Waals surface area contributed by atoms with Crippen molar-refractivity contribution in [1.29, 1.82) is 0 Å². The Kier molecular flexibility index (Phi) is 8.92. The molecule has 0 bridgehead atoms. The van der Waals surface area contributed by atoms with Gasteiger partial charge in [-0.15, -0.1) is 11.8 Å². The van der Waals surface area contributed by atoms with Gasteiger partial charge in [0.1, 0.15) is 0 Å². The number of nitrogens with zero attached hydrogens (tertiary/aromatic N) is 1. The van der Waals surface area contributed by atoms with E-state index in [0.29, 0.717) is 0 Å². The standard InChI is InChI=1S/C22H27NS2/c1-18(2)8-7-16-25-22(23-20-13-11-19(3)12-14-20)15-17-24-21-9-5-4-6-10-21/h4-6,9-15,17-18H,7-8,16H2,1-3H3. The first-order chi connectivity index (χ1) is 12.1. The molecule has 0 saturated carbocycles. The molecular weight excluding hydrogens is 342 g/mol. The number of benzene rings is 2. The minimum absolute atomic E-state index is 0.766. The molecule has 132 valence electrons. The first kappa shape index (κ1) is 19.9. The SMILES string of the molecule is Cc1ccc(N=C(C=CSc2ccccc2)SCCCC(C)C)cc1. The molecule has 0 unspecified atom stereocenters. The van der Waals surface area contributed by atoms with E-state index < -0.39 is 0 Å². The van der Waals surface area contributed by atoms with Crippen LogP contribution in [0.1, 0.15) is 32.3 Å². The van der Waals surface area contributed by atoms with Crippen molar-refractivity contribution >= 4 is 34.3 Å². The molecule has 2 aromatic rings. The normalized spacial score (nSPS) is 12.2. The third-order valence-corrected chi connectivity index (χ3v) is 5.44. The number of rotatable bonds is 8. The molecule has 0 aliphatic heterocycles. The molecule has 2 aromatic carbocycles. The van der Waals surface area contributed by atoms with Crippen LogP contribution >= 0.6 is 23.5 Å². The number of aryl methyl sites for hydroxylation is 1. The molecule has 1 nitrogen and oxygen atoms in total. The predicted octanol–water partition coefficient (Wildman–Crippen LogP) is 7.50. The summed E-state index contributed by atoms with van der Waals surface area (Å²) in [6.07, 6.45) is 4.64. The second-order valence-electron chi connectivity index (χ2n) is 6.40. The van der Waals surface area contributed by atoms with Gasteiger partial charge in [-0.2, -0.15) is 0 Å². The van der Waals surface area contributed by atoms with E-state index >= 15 is 0 Å². The maximum Gasteiger partial charge on any atom is 0.0972 e. The van der Waals surface area contributed by atoms with Crippen LogP contribution in [-0.4, -0.2) is 10.8 Å². The van der Waals surface area contributed by atoms with Gasteiger partial charge in [-0.25, -0.2) is 4.99 Å². The summed E-state index contributed by atoms with van der Waals surface area (Å²) in [7, 11) is 0. The fraction of sp³-hybridized carbons (Fsp3) is 0.318. The van der Waals surface area contributed by atoms with Crippen LogP contribution < -0.4 is 0 Å². The monoisotopic (exact) mass is 369 g/mol. The maximum atomic E-state index is 4.83. The van der Waals surface area contributed by atoms with Crippen molar-refractivity contribution in [2.24, 2.45) is 10.9 Å². The highest BCUT2D eigenvalue weighted by Gasteiger charge is 2.00. The molecule has 3 heteroatoms. The van der Waals surface area contributed by atoms with E-state index in [0.717, 1.165) is 22.4 Å². The van der Waals surface area contributed by atoms with Gasteiger partial charge in [0.2, 0.25) is 0 Å². The van der Waals surface area contributed by atoms with E-state index in [2.05, 4.69) is 80.8 Å². The molecule has 0 aliphatic rings. The van der Waals surface area contributed by atoms with E-state index in [1.807, 2.05) is 17.8 Å². The summed E-state index contributed by atoms with van der Waals surface area (Å²) >= 11 is 3.58. The summed E-state index contributed by atoms with van der Waals surface area (Å²) in [5.74, 6) is 1.88. The summed E-state index contributed by atoms with van der Waals surface area (Å²) < 4.78 is 0. The molecule has 0 radical (unpaired) electrons. The Morgan fingerprint density at radius 2 is 1.76 bits per heavy atom. The molecule has 0 spiro atoms. The van der Waals surface area contributed by atoms with Crippen molar-refractivity contribution in [3.05, 3.63) is 71.6 Å². The summed E-state index contributed by atoms with van der Waals surface area (Å²) in [6.45, 7) is 6.66. The van der Waals surface area contributed by atoms with Crippen LogP contribution in [0, 0.1) is 12.8 Å². The molecule has 2 rings (SSSR count). The van der Waals surface area contributed by atoms with Crippen molar-refractivity contribution < 1.29 is 0 Å². The average molecular weight is 370 g/mol. The number of hydrogen-bond acceptors (Lipinski definition) is 3. The zero-order valence-electron chi connectivity index (χ0n) is 15.3. The lowest BCUT2D eigenvalue weighted by atomic mass is 10.1. The van der Waals surface area contributed by atoms with E-state index in [9.17, 15) is 0 Å². The van der Waals surface area contributed by atoms with Gasteiger partial charge >= 0.3 is 0 Å². The van der Waals surface area contributed by atoms with Gasteiger partial charge in [-0.3, -0.25) is 0 Å². The highest BCUT2D eigenvalue weighted by Crippen LogP contribution is 2.22. The van der Waals surface area contributed by atoms with Crippen LogP contribution in [0.5, 0.6) is 0 Å². The summed E-state index contributed by atoms with van der Waals surface area (Å²) in [5.41, 5.74) is 2.28. The Labute approximate surface area is 161 Å². The lowest BCUT2D eigenvalue weighted by Gasteiger charge is -2.05. The lowest BCUT2D eigenvalue weighted by molar-refractivity contribution is 0.579. The summed E-state index contributed by atoms with van der Waals surface area (Å²) in [5, 5.41) is 3.22. The topological polar surface area (TPSA) is 12.4 Å². The molecule has 0 amide bonds. The molecule has 0 aromatic heterocycles. The third-order valence-electron chi connectivity index (χ3n) is 3.61. The zero-order valence-corrected chi connectivity index (χ0v) is 16.9. The predicted molar refractivity (Wildman–Crippen MR) is 116 cm³/mol. The van der Waals surface area contributed by atoms with Crippen LogP contribution in [0.3, 0.4) is 0 Å². The van der Waals surface area contributed by atoms with Crippen molar-refractivity contribution in [3.8, 4) is 0 Å². The van der Waals surface area contributed by atoms with Crippen LogP contribution in [0.25, 0.3) is 0 Å². The molecule has 0 heterocycles. The Morgan fingerprint density at radius 1 is 1.04 bits per heavy atom. The number of hydrogen-bond donors (Lipinski definition) is 0. The van der Waals surface area contributed by atoms with Crippen LogP contribution in [0.15, 0.2) is 76.0 Å². The van der Waals surface area contributed by atoms with E-state index in [1.165, 1.54) is 23.3 Å². The second-order valence-corrected chi connectivity index (χ2v) is 8.50. The van der Waals surface area contributed by atoms with Gasteiger partial charge in [-0.1, -0.05) is 67.9 Å². The van der Waals surface area contributed by atoms with Gasteiger partial charge in [0.15, 0.2) is 0 Å². The Bertz CT molecular complexity index is 673. The number of aliphatic imine (C=N–C) groups is 1. The Hall–Kier alpha value is -1.45. The van der Waals surface area contributed by atoms with Gasteiger partial charge in [0.05, 0.1) is 10.7 Å². The highest BCUT2D eigenvalue weighted by molar-refractivity contribution is 8.14. The molecule has 0 fully saturated rings. The largest absolute Gasteiger partial charge is 0.242 e. The molecule has 0 N–H and O–H groups in total. The second kappa shape index (κ2) is 11.2. The highest BCUT2D eigenvalue weighted by atomic mass is 32.2. The number of thioether (sulfide) groups is 2. The van der Waals surface area contributed by atoms with Gasteiger partial charge in [-0.05, 0) is 60.8 Å². The smallest absolute Gasteiger partial charge is 0.0972 e. The van der Waals surface area contributed by atoms with Crippen molar-refractivity contribution in [2.45, 2.75) is 38.5 Å². The van der Waals surface area contributed by atoms with E-state index in [4.69, 9.17) is 4.99 Å². The molecule has 0 atom stereocenters. The third kappa shape index (κ3) is 8.46. The quantitative estimate of drug-likeness (QED) is 0.207. The first-order valence-corrected chi connectivity index (χ1v) is 10.7. The average Bonchev–Trinajstić information content (AvgIpc) is 2.61. The van der Waals surface area contributed by atoms with Gasteiger partial charge in [0, 0.05) is 4.90 Å². The van der Waals surface area contributed by atoms with Crippen molar-refractivity contribution in [1.82, 2.24) is 0 Å². The lowest BCUT2D eigenvalue weighted by Crippen LogP contribution is -1.93. The molecular formula is C22H27NS2. The minimum Gasteiger partial charge on any atom is -0.242 e. The minimum atomic E-state index is 0.766. The Balaban J connectivity index is 2.01. The van der Waals surface area contributed by atoms with Crippen LogP contribution in [-0.2, 0) is 0 Å². The summed E-state index contributed by atoms with van der Waals surface area (Å²) in [6, 6.07) is 18.8. The van der Waals surface area contributed by atoms with Gasteiger partial charge in [0.25, 0.3) is 0 Å². The zero-order chi connectivity index (χ0) is 17.9. The first-order valence-electron chi connectivity index (χ1n) is 8.80. The maximum absolute atomic E-state index is 4.83. The van der Waals surface area contributed by atoms with Crippen LogP contribution in [0.2, 0.25) is 0 Å². The molecule has 0 saturated heterocycles. The van der Waals surface area contributed by atoms with Crippen LogP contribution in [0.4, 0.5) is 5.69 Å². The molecule has 0 aliphatic carbocycles. The van der Waals surface area contributed by atoms with Gasteiger partial charge < -0.3 is 0 Å². The van der Waals surface area contributed by atoms with Crippen molar-refractivity contribution in [3.63, 3.8) is 0 Å². The molecule has 25 heavy (non-hydrogen) atoms. The van der Waals surface area contributed by atoms with E-state index in [-0.39, 0.29) is 0 Å². The van der Waals surface area contributed by atoms with E-state index in [1.54, 1.807) is 11.8 Å². The summed E-state index contributed by atoms with van der Waals surface area (Å²) in [4.78, 5) is 6.08. The van der Waals surface area contributed by atoms with Crippen molar-refractivity contribution in [2.75, 3.05) is 5.75 Å². The Morgan fingerprint density at radius 3 is 2.44 bits per heavy atom. The fourth-order valence-corrected chi connectivity index (χ4v) is 3.81.